The molecule has 0 aliphatic heterocycles. The number of nitrogens with one attached hydrogen (secondary N) is 1. The molecule has 0 bridgehead atoms. The third-order valence-corrected chi connectivity index (χ3v) is 8.47. The van der Waals surface area contributed by atoms with Crippen LogP contribution < -0.4 is 5.32 Å². The number of Topliss-reactive ketones (excluding diaryl/α,β-unsaturated/α-hetero) is 1. The largest absolute Gasteiger partial charge is 0.393 e. The first kappa shape index (κ1) is 28.5. The fourth-order valence-corrected chi connectivity index (χ4v) is 6.01. The summed E-state index contributed by atoms with van der Waals surface area (Å²) in [5.41, 5.74) is 7.30. The SMILES string of the molecule is CC[C@@H](O)C[C@H]1CCc2ccccc2C(C(=O)c2ccc(NC(=O)c3ccccc3-c3ccc(C)cc3)cc2)CC1. The highest BCUT2D eigenvalue weighted by atomic mass is 16.3. The molecule has 0 radical (unpaired) electrons. The standard InChI is InChI=1S/C37H39NO3/c1-3-31(39)24-26-14-18-27-8-4-5-9-32(27)34(23-15-26)36(40)29-19-21-30(22-20-29)38-37(41)35-11-7-6-10-33(35)28-16-12-25(2)13-17-28/h4-13,16-17,19-22,26,31,34,39H,3,14-15,18,23-24H2,1-2H3,(H,38,41)/t26-,31+,34?/m0/s1. The van der Waals surface area contributed by atoms with Crippen LogP contribution in [0.25, 0.3) is 11.1 Å². The maximum atomic E-state index is 13.9. The number of amides is 1. The van der Waals surface area contributed by atoms with E-state index in [-0.39, 0.29) is 23.7 Å². The molecule has 1 amide bonds. The van der Waals surface area contributed by atoms with E-state index in [2.05, 4.69) is 17.4 Å². The van der Waals surface area contributed by atoms with Gasteiger partial charge in [-0.1, -0.05) is 79.2 Å². The van der Waals surface area contributed by atoms with Crippen molar-refractivity contribution in [3.8, 4) is 11.1 Å². The Morgan fingerprint density at radius 3 is 2.32 bits per heavy atom. The van der Waals surface area contributed by atoms with E-state index in [4.69, 9.17) is 0 Å². The highest BCUT2D eigenvalue weighted by molar-refractivity contribution is 6.09. The summed E-state index contributed by atoms with van der Waals surface area (Å²) in [6.07, 6.45) is 4.93. The number of benzene rings is 4. The summed E-state index contributed by atoms with van der Waals surface area (Å²) in [5.74, 6) is 0.120. The lowest BCUT2D eigenvalue weighted by Crippen LogP contribution is -2.21. The van der Waals surface area contributed by atoms with E-state index < -0.39 is 0 Å². The zero-order valence-electron chi connectivity index (χ0n) is 24.0. The quantitative estimate of drug-likeness (QED) is 0.219. The molecule has 0 spiro atoms. The van der Waals surface area contributed by atoms with E-state index in [1.807, 2.05) is 98.8 Å². The Morgan fingerprint density at radius 1 is 0.854 bits per heavy atom. The third-order valence-electron chi connectivity index (χ3n) is 8.47. The number of aryl methyl sites for hydroxylation is 2. The molecule has 41 heavy (non-hydrogen) atoms. The number of ketones is 1. The Kier molecular flexibility index (Phi) is 9.11. The van der Waals surface area contributed by atoms with Gasteiger partial charge in [-0.15, -0.1) is 0 Å². The van der Waals surface area contributed by atoms with Gasteiger partial charge in [0.1, 0.15) is 0 Å². The van der Waals surface area contributed by atoms with Crippen molar-refractivity contribution in [2.75, 3.05) is 5.32 Å². The van der Waals surface area contributed by atoms with Crippen LogP contribution in [0, 0.1) is 12.8 Å². The minimum Gasteiger partial charge on any atom is -0.393 e. The van der Waals surface area contributed by atoms with Crippen molar-refractivity contribution < 1.29 is 14.7 Å². The summed E-state index contributed by atoms with van der Waals surface area (Å²) in [4.78, 5) is 27.1. The molecular formula is C37H39NO3. The van der Waals surface area contributed by atoms with E-state index in [0.29, 0.717) is 22.7 Å². The fourth-order valence-electron chi connectivity index (χ4n) is 6.01. The first-order valence-electron chi connectivity index (χ1n) is 14.8. The number of carbonyl (C=O) groups is 2. The molecule has 1 aliphatic carbocycles. The Hall–Kier alpha value is -4.02. The predicted molar refractivity (Wildman–Crippen MR) is 166 cm³/mol. The molecule has 0 saturated carbocycles. The van der Waals surface area contributed by atoms with Crippen molar-refractivity contribution in [3.63, 3.8) is 0 Å². The smallest absolute Gasteiger partial charge is 0.256 e. The minimum atomic E-state index is -0.282. The maximum Gasteiger partial charge on any atom is 0.256 e. The van der Waals surface area contributed by atoms with Crippen LogP contribution in [0.5, 0.6) is 0 Å². The lowest BCUT2D eigenvalue weighted by molar-refractivity contribution is 0.0942. The van der Waals surface area contributed by atoms with Crippen LogP contribution in [0.4, 0.5) is 5.69 Å². The summed E-state index contributed by atoms with van der Waals surface area (Å²) >= 11 is 0. The molecule has 4 nitrogen and oxygen atoms in total. The zero-order valence-corrected chi connectivity index (χ0v) is 24.0. The number of hydrogen-bond donors (Lipinski definition) is 2. The normalized spacial score (nSPS) is 17.5. The second kappa shape index (κ2) is 13.1. The molecule has 0 fully saturated rings. The summed E-state index contributed by atoms with van der Waals surface area (Å²) < 4.78 is 0. The molecule has 4 aromatic rings. The average Bonchev–Trinajstić information content (AvgIpc) is 2.99. The third kappa shape index (κ3) is 6.83. The van der Waals surface area contributed by atoms with Crippen LogP contribution in [0.2, 0.25) is 0 Å². The van der Waals surface area contributed by atoms with Gasteiger partial charge in [0.15, 0.2) is 5.78 Å². The fraction of sp³-hybridized carbons (Fsp3) is 0.297. The summed E-state index contributed by atoms with van der Waals surface area (Å²) in [5, 5.41) is 13.3. The topological polar surface area (TPSA) is 66.4 Å². The number of aliphatic hydroxyl groups is 1. The molecule has 0 aromatic heterocycles. The van der Waals surface area contributed by atoms with Crippen LogP contribution in [0.15, 0.2) is 97.1 Å². The summed E-state index contributed by atoms with van der Waals surface area (Å²) in [7, 11) is 0. The zero-order chi connectivity index (χ0) is 28.8. The Labute approximate surface area is 243 Å². The Bertz CT molecular complexity index is 1490. The van der Waals surface area contributed by atoms with E-state index in [9.17, 15) is 14.7 Å². The van der Waals surface area contributed by atoms with Gasteiger partial charge in [-0.2, -0.15) is 0 Å². The van der Waals surface area contributed by atoms with Crippen molar-refractivity contribution in [3.05, 3.63) is 125 Å². The van der Waals surface area contributed by atoms with Gasteiger partial charge >= 0.3 is 0 Å². The molecule has 3 atom stereocenters. The van der Waals surface area contributed by atoms with Crippen molar-refractivity contribution >= 4 is 17.4 Å². The minimum absolute atomic E-state index is 0.108. The van der Waals surface area contributed by atoms with E-state index in [1.165, 1.54) is 11.1 Å². The molecule has 0 saturated heterocycles. The van der Waals surface area contributed by atoms with Crippen molar-refractivity contribution in [1.29, 1.82) is 0 Å². The molecule has 1 aliphatic rings. The predicted octanol–water partition coefficient (Wildman–Crippen LogP) is 8.38. The molecule has 4 heteroatoms. The second-order valence-electron chi connectivity index (χ2n) is 11.3. The Morgan fingerprint density at radius 2 is 1.56 bits per heavy atom. The van der Waals surface area contributed by atoms with Gasteiger partial charge in [0.2, 0.25) is 0 Å². The van der Waals surface area contributed by atoms with Crippen LogP contribution in [0.1, 0.15) is 82.4 Å². The molecule has 1 unspecified atom stereocenters. The highest BCUT2D eigenvalue weighted by Crippen LogP contribution is 2.36. The van der Waals surface area contributed by atoms with Gasteiger partial charge < -0.3 is 10.4 Å². The van der Waals surface area contributed by atoms with Crippen molar-refractivity contribution in [2.24, 2.45) is 5.92 Å². The lowest BCUT2D eigenvalue weighted by Gasteiger charge is -2.28. The first-order valence-corrected chi connectivity index (χ1v) is 14.8. The van der Waals surface area contributed by atoms with Gasteiger partial charge in [-0.05, 0) is 104 Å². The number of fused-ring (bicyclic) bond motifs is 1. The molecular weight excluding hydrogens is 506 g/mol. The number of aliphatic hydroxyl groups excluding tert-OH is 1. The molecule has 2 N–H and O–H groups in total. The summed E-state index contributed by atoms with van der Waals surface area (Å²) in [6.45, 7) is 4.06. The van der Waals surface area contributed by atoms with E-state index in [1.54, 1.807) is 0 Å². The molecule has 5 rings (SSSR count). The van der Waals surface area contributed by atoms with Crippen LogP contribution in [-0.4, -0.2) is 22.9 Å². The van der Waals surface area contributed by atoms with Crippen LogP contribution in [-0.2, 0) is 6.42 Å². The molecule has 210 valence electrons. The number of rotatable bonds is 8. The maximum absolute atomic E-state index is 13.9. The van der Waals surface area contributed by atoms with Crippen molar-refractivity contribution in [2.45, 2.75) is 64.4 Å². The van der Waals surface area contributed by atoms with E-state index in [0.717, 1.165) is 55.2 Å². The number of carbonyl (C=O) groups excluding carboxylic acids is 2. The highest BCUT2D eigenvalue weighted by Gasteiger charge is 2.28. The van der Waals surface area contributed by atoms with Gasteiger partial charge in [0.05, 0.1) is 6.10 Å². The van der Waals surface area contributed by atoms with Gasteiger partial charge in [0, 0.05) is 22.7 Å². The monoisotopic (exact) mass is 545 g/mol. The first-order chi connectivity index (χ1) is 19.9. The van der Waals surface area contributed by atoms with E-state index >= 15 is 0 Å². The van der Waals surface area contributed by atoms with Gasteiger partial charge in [-0.3, -0.25) is 9.59 Å². The molecule has 0 heterocycles. The average molecular weight is 546 g/mol. The van der Waals surface area contributed by atoms with Crippen LogP contribution >= 0.6 is 0 Å². The van der Waals surface area contributed by atoms with Gasteiger partial charge in [0.25, 0.3) is 5.91 Å². The lowest BCUT2D eigenvalue weighted by atomic mass is 9.77. The van der Waals surface area contributed by atoms with Gasteiger partial charge in [-0.25, -0.2) is 0 Å². The Balaban J connectivity index is 1.32. The van der Waals surface area contributed by atoms with Crippen LogP contribution in [0.3, 0.4) is 0 Å². The summed E-state index contributed by atoms with van der Waals surface area (Å²) in [6, 6.07) is 31.3. The molecule has 4 aromatic carbocycles. The number of anilines is 1. The van der Waals surface area contributed by atoms with Crippen molar-refractivity contribution in [1.82, 2.24) is 0 Å². The number of hydrogen-bond acceptors (Lipinski definition) is 3. The second-order valence-corrected chi connectivity index (χ2v) is 11.3.